The minimum atomic E-state index is 0.717. The van der Waals surface area contributed by atoms with E-state index in [-0.39, 0.29) is 0 Å². The minimum Gasteiger partial charge on any atom is -0.329 e. The highest BCUT2D eigenvalue weighted by Gasteiger charge is 2.37. The molecule has 2 aliphatic rings. The van der Waals surface area contributed by atoms with Crippen LogP contribution in [-0.2, 0) is 6.42 Å². The summed E-state index contributed by atoms with van der Waals surface area (Å²) < 4.78 is 3.65. The molecule has 0 spiro atoms. The van der Waals surface area contributed by atoms with E-state index in [0.717, 1.165) is 18.3 Å². The molecule has 1 aromatic rings. The van der Waals surface area contributed by atoms with Crippen molar-refractivity contribution >= 4 is 11.9 Å². The van der Waals surface area contributed by atoms with Gasteiger partial charge in [0.15, 0.2) is 0 Å². The topological polar surface area (TPSA) is 12.0 Å². The maximum Gasteiger partial charge on any atom is 0.0287 e. The van der Waals surface area contributed by atoms with E-state index in [9.17, 15) is 0 Å². The van der Waals surface area contributed by atoms with Crippen molar-refractivity contribution in [3.63, 3.8) is 0 Å². The fraction of sp³-hybridized carbons (Fsp3) is 0.524. The molecule has 1 heterocycles. The zero-order valence-corrected chi connectivity index (χ0v) is 15.1. The molecule has 0 saturated heterocycles. The normalized spacial score (nSPS) is 28.7. The highest BCUT2D eigenvalue weighted by molar-refractivity contribution is 7.97. The van der Waals surface area contributed by atoms with Gasteiger partial charge in [0.25, 0.3) is 0 Å². The molecule has 2 atom stereocenters. The average Bonchev–Trinajstić information content (AvgIpc) is 3.33. The first-order valence-electron chi connectivity index (χ1n) is 9.25. The molecule has 2 bridgehead atoms. The van der Waals surface area contributed by atoms with Crippen molar-refractivity contribution in [3.05, 3.63) is 53.8 Å². The van der Waals surface area contributed by atoms with Gasteiger partial charge in [0.1, 0.15) is 0 Å². The van der Waals surface area contributed by atoms with E-state index in [1.54, 1.807) is 11.9 Å². The van der Waals surface area contributed by atoms with Crippen molar-refractivity contribution in [1.82, 2.24) is 4.72 Å². The van der Waals surface area contributed by atoms with Crippen LogP contribution in [0.2, 0.25) is 0 Å². The molecular formula is C21H29NS. The maximum absolute atomic E-state index is 3.65. The van der Waals surface area contributed by atoms with E-state index in [2.05, 4.69) is 54.1 Å². The first-order valence-corrected chi connectivity index (χ1v) is 10.1. The second-order valence-corrected chi connectivity index (χ2v) is 7.69. The van der Waals surface area contributed by atoms with Crippen molar-refractivity contribution in [3.8, 4) is 0 Å². The summed E-state index contributed by atoms with van der Waals surface area (Å²) in [6.45, 7) is 2.23. The van der Waals surface area contributed by atoms with Crippen LogP contribution in [0.3, 0.4) is 0 Å². The van der Waals surface area contributed by atoms with E-state index >= 15 is 0 Å². The third kappa shape index (κ3) is 5.17. The molecule has 1 aliphatic carbocycles. The fourth-order valence-corrected chi connectivity index (χ4v) is 4.20. The van der Waals surface area contributed by atoms with Gasteiger partial charge < -0.3 is 4.72 Å². The molecule has 23 heavy (non-hydrogen) atoms. The average molecular weight is 328 g/mol. The van der Waals surface area contributed by atoms with Crippen LogP contribution in [0.15, 0.2) is 53.1 Å². The lowest BCUT2D eigenvalue weighted by atomic mass is 10.1. The lowest BCUT2D eigenvalue weighted by Gasteiger charge is -2.11. The van der Waals surface area contributed by atoms with Crippen LogP contribution in [0.4, 0.5) is 0 Å². The summed E-state index contributed by atoms with van der Waals surface area (Å²) in [5.74, 6) is 1.48. The third-order valence-corrected chi connectivity index (χ3v) is 5.65. The quantitative estimate of drug-likeness (QED) is 0.481. The Labute approximate surface area is 145 Å². The Hall–Kier alpha value is -1.15. The van der Waals surface area contributed by atoms with Gasteiger partial charge in [-0.1, -0.05) is 50.1 Å². The third-order valence-electron chi connectivity index (χ3n) is 4.82. The van der Waals surface area contributed by atoms with Crippen molar-refractivity contribution in [2.24, 2.45) is 11.8 Å². The summed E-state index contributed by atoms with van der Waals surface area (Å²) in [6.07, 6.45) is 17.6. The Balaban J connectivity index is 1.70. The second-order valence-electron chi connectivity index (χ2n) is 6.81. The summed E-state index contributed by atoms with van der Waals surface area (Å²) in [5, 5.41) is 0. The highest BCUT2D eigenvalue weighted by Crippen LogP contribution is 2.45. The largest absolute Gasteiger partial charge is 0.329 e. The summed E-state index contributed by atoms with van der Waals surface area (Å²) in [5.41, 5.74) is 2.92. The molecule has 1 saturated carbocycles. The number of aryl methyl sites for hydroxylation is 1. The second kappa shape index (κ2) is 8.63. The molecule has 1 fully saturated rings. The molecule has 0 amide bonds. The first-order chi connectivity index (χ1) is 11.4. The fourth-order valence-electron chi connectivity index (χ4n) is 3.37. The summed E-state index contributed by atoms with van der Waals surface area (Å²) in [4.78, 5) is 1.34. The number of allylic oxidation sites excluding steroid dienone is 4. The number of fused-ring (bicyclic) bond motifs is 3. The predicted octanol–water partition coefficient (Wildman–Crippen LogP) is 6.28. The monoisotopic (exact) mass is 327 g/mol. The highest BCUT2D eigenvalue weighted by atomic mass is 32.2. The van der Waals surface area contributed by atoms with Gasteiger partial charge in [0, 0.05) is 16.5 Å². The van der Waals surface area contributed by atoms with E-state index in [0.29, 0.717) is 0 Å². The van der Waals surface area contributed by atoms with E-state index in [1.807, 2.05) is 0 Å². The Morgan fingerprint density at radius 1 is 1.22 bits per heavy atom. The van der Waals surface area contributed by atoms with Gasteiger partial charge in [0.2, 0.25) is 0 Å². The maximum atomic E-state index is 3.65. The van der Waals surface area contributed by atoms with Crippen molar-refractivity contribution in [1.29, 1.82) is 0 Å². The van der Waals surface area contributed by atoms with Crippen molar-refractivity contribution in [2.75, 3.05) is 0 Å². The number of hydrogen-bond donors (Lipinski definition) is 1. The standard InChI is InChI=1S/C21H29NS/c1-2-10-21-20-16-18(20)13-8-6-4-3-5-7-11-17-12-9-14-19(15-17)23-22-21/h8-10,12-15,18,20,22H,2-7,11,16H2,1H3/b13-8+,21-10?. The zero-order chi connectivity index (χ0) is 15.9. The van der Waals surface area contributed by atoms with Crippen LogP contribution >= 0.6 is 11.9 Å². The predicted molar refractivity (Wildman–Crippen MR) is 101 cm³/mol. The molecule has 1 nitrogen and oxygen atoms in total. The lowest BCUT2D eigenvalue weighted by Crippen LogP contribution is -2.06. The van der Waals surface area contributed by atoms with Crippen LogP contribution < -0.4 is 4.72 Å². The Morgan fingerprint density at radius 3 is 3.04 bits per heavy atom. The number of hydrogen-bond acceptors (Lipinski definition) is 2. The van der Waals surface area contributed by atoms with Gasteiger partial charge in [-0.15, -0.1) is 0 Å². The van der Waals surface area contributed by atoms with E-state index in [1.165, 1.54) is 61.1 Å². The first kappa shape index (κ1) is 16.7. The minimum absolute atomic E-state index is 0.717. The van der Waals surface area contributed by atoms with Crippen LogP contribution in [0.5, 0.6) is 0 Å². The zero-order valence-electron chi connectivity index (χ0n) is 14.3. The molecule has 2 heteroatoms. The molecule has 1 N–H and O–H groups in total. The smallest absolute Gasteiger partial charge is 0.0287 e. The van der Waals surface area contributed by atoms with Gasteiger partial charge in [-0.3, -0.25) is 0 Å². The number of rotatable bonds is 1. The van der Waals surface area contributed by atoms with Crippen molar-refractivity contribution in [2.45, 2.75) is 63.2 Å². The van der Waals surface area contributed by atoms with Crippen LogP contribution in [0.1, 0.15) is 57.4 Å². The van der Waals surface area contributed by atoms with Crippen LogP contribution in [-0.4, -0.2) is 0 Å². The molecule has 2 unspecified atom stereocenters. The number of nitrogens with one attached hydrogen (secondary N) is 1. The molecule has 0 radical (unpaired) electrons. The molecule has 0 aromatic heterocycles. The lowest BCUT2D eigenvalue weighted by molar-refractivity contribution is 0.645. The Bertz CT molecular complexity index is 561. The molecule has 1 aromatic carbocycles. The van der Waals surface area contributed by atoms with Crippen LogP contribution in [0.25, 0.3) is 0 Å². The van der Waals surface area contributed by atoms with Gasteiger partial charge in [-0.05, 0) is 74.1 Å². The van der Waals surface area contributed by atoms with Crippen LogP contribution in [0, 0.1) is 11.8 Å². The molecule has 1 aliphatic heterocycles. The molecule has 124 valence electrons. The van der Waals surface area contributed by atoms with Gasteiger partial charge in [-0.2, -0.15) is 0 Å². The summed E-state index contributed by atoms with van der Waals surface area (Å²) >= 11 is 1.78. The summed E-state index contributed by atoms with van der Waals surface area (Å²) in [6, 6.07) is 9.06. The summed E-state index contributed by atoms with van der Waals surface area (Å²) in [7, 11) is 0. The molecular weight excluding hydrogens is 298 g/mol. The van der Waals surface area contributed by atoms with E-state index in [4.69, 9.17) is 0 Å². The Kier molecular flexibility index (Phi) is 6.27. The van der Waals surface area contributed by atoms with Gasteiger partial charge >= 0.3 is 0 Å². The molecule has 3 rings (SSSR count). The Morgan fingerprint density at radius 2 is 2.13 bits per heavy atom. The van der Waals surface area contributed by atoms with Gasteiger partial charge in [-0.25, -0.2) is 0 Å². The van der Waals surface area contributed by atoms with Gasteiger partial charge in [0.05, 0.1) is 0 Å². The van der Waals surface area contributed by atoms with Crippen molar-refractivity contribution < 1.29 is 0 Å². The number of benzene rings is 1. The van der Waals surface area contributed by atoms with E-state index < -0.39 is 0 Å². The SMILES string of the molecule is CCC=C1NSc2cccc(c2)CCCCCC/C=C/C2CC12.